The molecule has 0 amide bonds. The number of halogens is 1. The van der Waals surface area contributed by atoms with Gasteiger partial charge in [-0.3, -0.25) is 4.90 Å². The summed E-state index contributed by atoms with van der Waals surface area (Å²) >= 11 is 4.56. The number of thiophene rings is 1. The predicted molar refractivity (Wildman–Crippen MR) is 112 cm³/mol. The van der Waals surface area contributed by atoms with Gasteiger partial charge >= 0.3 is 0 Å². The van der Waals surface area contributed by atoms with Crippen molar-refractivity contribution in [3.8, 4) is 17.2 Å². The highest BCUT2D eigenvalue weighted by atomic mass is 79.9. The van der Waals surface area contributed by atoms with Crippen LogP contribution >= 0.6 is 27.3 Å². The molecule has 1 saturated heterocycles. The van der Waals surface area contributed by atoms with E-state index in [1.807, 2.05) is 12.1 Å². The van der Waals surface area contributed by atoms with Crippen LogP contribution in [-0.4, -0.2) is 65.1 Å². The first kappa shape index (κ1) is 21.4. The number of piperazine rings is 1. The van der Waals surface area contributed by atoms with E-state index in [-0.39, 0.29) is 0 Å². The summed E-state index contributed by atoms with van der Waals surface area (Å²) in [5.74, 6) is 1.81. The SMILES string of the molecule is COc1ccc(CN2CCN(S(=O)(=O)c3ccc(Br)s3)CC2)c(OC)c1OC. The Morgan fingerprint density at radius 2 is 1.64 bits per heavy atom. The molecule has 0 atom stereocenters. The first-order valence-corrected chi connectivity index (χ1v) is 11.7. The van der Waals surface area contributed by atoms with Crippen molar-refractivity contribution >= 4 is 37.3 Å². The smallest absolute Gasteiger partial charge is 0.252 e. The number of sulfonamides is 1. The molecule has 0 radical (unpaired) electrons. The van der Waals surface area contributed by atoms with Gasteiger partial charge < -0.3 is 14.2 Å². The normalized spacial score (nSPS) is 16.1. The number of methoxy groups -OCH3 is 3. The number of hydrogen-bond donors (Lipinski definition) is 0. The second-order valence-corrected chi connectivity index (χ2v) is 10.9. The summed E-state index contributed by atoms with van der Waals surface area (Å²) in [6.45, 7) is 2.83. The number of rotatable bonds is 7. The Bertz CT molecular complexity index is 924. The molecule has 0 unspecified atom stereocenters. The summed E-state index contributed by atoms with van der Waals surface area (Å²) in [6, 6.07) is 7.21. The van der Waals surface area contributed by atoms with Gasteiger partial charge in [0.15, 0.2) is 11.5 Å². The van der Waals surface area contributed by atoms with Crippen molar-refractivity contribution in [2.45, 2.75) is 10.8 Å². The van der Waals surface area contributed by atoms with E-state index in [0.717, 1.165) is 9.35 Å². The zero-order valence-corrected chi connectivity index (χ0v) is 19.2. The molecule has 28 heavy (non-hydrogen) atoms. The first-order chi connectivity index (χ1) is 13.4. The van der Waals surface area contributed by atoms with E-state index in [9.17, 15) is 8.42 Å². The summed E-state index contributed by atoms with van der Waals surface area (Å²) < 4.78 is 44.6. The standard InChI is InChI=1S/C18H23BrN2O5S2/c1-24-14-5-4-13(17(25-2)18(14)26-3)12-20-8-10-21(11-9-20)28(22,23)16-7-6-15(19)27-16/h4-7H,8-12H2,1-3H3. The number of ether oxygens (including phenoxy) is 3. The van der Waals surface area contributed by atoms with Crippen molar-refractivity contribution in [2.75, 3.05) is 47.5 Å². The number of nitrogens with zero attached hydrogens (tertiary/aromatic N) is 2. The summed E-state index contributed by atoms with van der Waals surface area (Å²) in [5.41, 5.74) is 0.971. The minimum atomic E-state index is -3.44. The molecule has 0 N–H and O–H groups in total. The third-order valence-electron chi connectivity index (χ3n) is 4.65. The van der Waals surface area contributed by atoms with E-state index >= 15 is 0 Å². The third-order valence-corrected chi connectivity index (χ3v) is 8.64. The van der Waals surface area contributed by atoms with E-state index in [1.54, 1.807) is 37.8 Å². The Morgan fingerprint density at radius 3 is 2.18 bits per heavy atom. The molecule has 1 aromatic carbocycles. The van der Waals surface area contributed by atoms with Crippen molar-refractivity contribution < 1.29 is 22.6 Å². The lowest BCUT2D eigenvalue weighted by Gasteiger charge is -2.34. The van der Waals surface area contributed by atoms with Crippen LogP contribution in [0.5, 0.6) is 17.2 Å². The summed E-state index contributed by atoms with van der Waals surface area (Å²) in [4.78, 5) is 2.21. The van der Waals surface area contributed by atoms with E-state index < -0.39 is 10.0 Å². The molecular formula is C18H23BrN2O5S2. The fourth-order valence-electron chi connectivity index (χ4n) is 3.22. The van der Waals surface area contributed by atoms with Gasteiger partial charge in [-0.05, 0) is 34.1 Å². The molecule has 0 saturated carbocycles. The monoisotopic (exact) mass is 490 g/mol. The molecule has 0 aliphatic carbocycles. The number of benzene rings is 1. The molecule has 2 heterocycles. The maximum atomic E-state index is 12.8. The zero-order valence-electron chi connectivity index (χ0n) is 16.0. The Kier molecular flexibility index (Phi) is 6.87. The Morgan fingerprint density at radius 1 is 0.964 bits per heavy atom. The van der Waals surface area contributed by atoms with E-state index in [4.69, 9.17) is 14.2 Å². The topological polar surface area (TPSA) is 68.3 Å². The van der Waals surface area contributed by atoms with Gasteiger partial charge in [0, 0.05) is 38.3 Å². The van der Waals surface area contributed by atoms with Crippen LogP contribution in [0.2, 0.25) is 0 Å². The van der Waals surface area contributed by atoms with Crippen LogP contribution in [0, 0.1) is 0 Å². The molecule has 0 bridgehead atoms. The van der Waals surface area contributed by atoms with Gasteiger partial charge in [0.2, 0.25) is 5.75 Å². The minimum Gasteiger partial charge on any atom is -0.493 e. The Balaban J connectivity index is 1.69. The quantitative estimate of drug-likeness (QED) is 0.593. The molecule has 10 heteroatoms. The molecule has 0 spiro atoms. The fourth-order valence-corrected chi connectivity index (χ4v) is 6.81. The largest absolute Gasteiger partial charge is 0.493 e. The zero-order chi connectivity index (χ0) is 20.3. The van der Waals surface area contributed by atoms with Gasteiger partial charge in [0.05, 0.1) is 25.1 Å². The average Bonchev–Trinajstić information content (AvgIpc) is 3.15. The molecule has 1 fully saturated rings. The van der Waals surface area contributed by atoms with Gasteiger partial charge in [0.25, 0.3) is 10.0 Å². The molecule has 2 aromatic rings. The molecule has 3 rings (SSSR count). The van der Waals surface area contributed by atoms with Gasteiger partial charge in [-0.15, -0.1) is 11.3 Å². The van der Waals surface area contributed by atoms with Crippen LogP contribution in [0.25, 0.3) is 0 Å². The lowest BCUT2D eigenvalue weighted by molar-refractivity contribution is 0.179. The van der Waals surface area contributed by atoms with E-state index in [1.165, 1.54) is 11.3 Å². The van der Waals surface area contributed by atoms with Crippen molar-refractivity contribution in [2.24, 2.45) is 0 Å². The van der Waals surface area contributed by atoms with E-state index in [2.05, 4.69) is 20.8 Å². The molecule has 7 nitrogen and oxygen atoms in total. The molecule has 1 aromatic heterocycles. The van der Waals surface area contributed by atoms with Gasteiger partial charge in [0.1, 0.15) is 4.21 Å². The lowest BCUT2D eigenvalue weighted by atomic mass is 10.1. The maximum Gasteiger partial charge on any atom is 0.252 e. The minimum absolute atomic E-state index is 0.370. The van der Waals surface area contributed by atoms with Crippen LogP contribution in [0.3, 0.4) is 0 Å². The highest BCUT2D eigenvalue weighted by Crippen LogP contribution is 2.40. The van der Waals surface area contributed by atoms with Gasteiger partial charge in [-0.1, -0.05) is 6.07 Å². The average molecular weight is 491 g/mol. The van der Waals surface area contributed by atoms with Gasteiger partial charge in [-0.25, -0.2) is 8.42 Å². The summed E-state index contributed by atoms with van der Waals surface area (Å²) in [6.07, 6.45) is 0. The van der Waals surface area contributed by atoms with Crippen LogP contribution in [0.4, 0.5) is 0 Å². The second-order valence-electron chi connectivity index (χ2n) is 6.23. The molecule has 154 valence electrons. The first-order valence-electron chi connectivity index (χ1n) is 8.66. The van der Waals surface area contributed by atoms with Crippen LogP contribution in [-0.2, 0) is 16.6 Å². The maximum absolute atomic E-state index is 12.8. The van der Waals surface area contributed by atoms with Gasteiger partial charge in [-0.2, -0.15) is 4.31 Å². The van der Waals surface area contributed by atoms with Crippen molar-refractivity contribution in [1.82, 2.24) is 9.21 Å². The van der Waals surface area contributed by atoms with Crippen LogP contribution in [0.15, 0.2) is 32.3 Å². The highest BCUT2D eigenvalue weighted by molar-refractivity contribution is 9.11. The third kappa shape index (κ3) is 4.30. The second kappa shape index (κ2) is 9.00. The predicted octanol–water partition coefficient (Wildman–Crippen LogP) is 3.04. The molecular weight excluding hydrogens is 468 g/mol. The van der Waals surface area contributed by atoms with E-state index in [0.29, 0.717) is 54.2 Å². The molecule has 1 aliphatic heterocycles. The van der Waals surface area contributed by atoms with Crippen LogP contribution in [0.1, 0.15) is 5.56 Å². The number of hydrogen-bond acceptors (Lipinski definition) is 7. The Hall–Kier alpha value is -1.33. The fraction of sp³-hybridized carbons (Fsp3) is 0.444. The Labute approximate surface area is 178 Å². The highest BCUT2D eigenvalue weighted by Gasteiger charge is 2.30. The molecule has 1 aliphatic rings. The summed E-state index contributed by atoms with van der Waals surface area (Å²) in [7, 11) is 1.33. The summed E-state index contributed by atoms with van der Waals surface area (Å²) in [5, 5.41) is 0. The van der Waals surface area contributed by atoms with Crippen molar-refractivity contribution in [1.29, 1.82) is 0 Å². The van der Waals surface area contributed by atoms with Crippen molar-refractivity contribution in [3.05, 3.63) is 33.6 Å². The van der Waals surface area contributed by atoms with Crippen molar-refractivity contribution in [3.63, 3.8) is 0 Å². The lowest BCUT2D eigenvalue weighted by Crippen LogP contribution is -2.48. The van der Waals surface area contributed by atoms with Crippen LogP contribution < -0.4 is 14.2 Å².